The number of halogens is 2. The Labute approximate surface area is 83.3 Å². The molecule has 3 rings (SSSR count). The summed E-state index contributed by atoms with van der Waals surface area (Å²) in [5, 5.41) is 3.23. The van der Waals surface area contributed by atoms with Crippen LogP contribution in [0.2, 0.25) is 0 Å². The lowest BCUT2D eigenvalue weighted by atomic mass is 9.92. The first-order chi connectivity index (χ1) is 6.68. The number of alkyl halides is 2. The van der Waals surface area contributed by atoms with Crippen LogP contribution < -0.4 is 5.32 Å². The molecular weight excluding hydrogens is 184 g/mol. The van der Waals surface area contributed by atoms with Gasteiger partial charge in [0.15, 0.2) is 0 Å². The van der Waals surface area contributed by atoms with Crippen LogP contribution in [0.15, 0.2) is 0 Å². The molecule has 3 aliphatic rings. The molecule has 2 saturated carbocycles. The summed E-state index contributed by atoms with van der Waals surface area (Å²) in [4.78, 5) is 0. The Morgan fingerprint density at radius 2 is 1.86 bits per heavy atom. The number of hydrogen-bond acceptors (Lipinski definition) is 1. The molecule has 0 aromatic carbocycles. The first-order valence-corrected chi connectivity index (χ1v) is 5.77. The van der Waals surface area contributed by atoms with E-state index in [9.17, 15) is 8.78 Å². The van der Waals surface area contributed by atoms with Gasteiger partial charge in [0.25, 0.3) is 5.92 Å². The monoisotopic (exact) mass is 201 g/mol. The standard InChI is InChI=1S/C11H17F2N/c12-11(13)9(8-2-3-8)10(11)4-1-6-14-7-5-10/h8-9,14H,1-7H2. The highest BCUT2D eigenvalue weighted by Crippen LogP contribution is 2.76. The molecule has 1 nitrogen and oxygen atoms in total. The third-order valence-corrected chi connectivity index (χ3v) is 4.38. The van der Waals surface area contributed by atoms with Crippen LogP contribution in [0.4, 0.5) is 8.78 Å². The van der Waals surface area contributed by atoms with E-state index in [1.54, 1.807) is 0 Å². The van der Waals surface area contributed by atoms with Crippen molar-refractivity contribution in [1.29, 1.82) is 0 Å². The minimum Gasteiger partial charge on any atom is -0.317 e. The second-order valence-corrected chi connectivity index (χ2v) is 5.20. The van der Waals surface area contributed by atoms with Crippen molar-refractivity contribution in [2.45, 2.75) is 38.0 Å². The molecular formula is C11H17F2N. The first kappa shape index (κ1) is 9.08. The maximum absolute atomic E-state index is 13.8. The molecule has 0 aromatic heterocycles. The van der Waals surface area contributed by atoms with Gasteiger partial charge in [0.2, 0.25) is 0 Å². The van der Waals surface area contributed by atoms with Gasteiger partial charge in [-0.3, -0.25) is 0 Å². The third-order valence-electron chi connectivity index (χ3n) is 4.38. The normalized spacial score (nSPS) is 46.3. The fourth-order valence-corrected chi connectivity index (χ4v) is 3.45. The van der Waals surface area contributed by atoms with Crippen LogP contribution in [0.1, 0.15) is 32.1 Å². The topological polar surface area (TPSA) is 12.0 Å². The minimum absolute atomic E-state index is 0.255. The molecule has 0 aromatic rings. The highest BCUT2D eigenvalue weighted by Gasteiger charge is 2.81. The van der Waals surface area contributed by atoms with E-state index in [0.29, 0.717) is 12.3 Å². The molecule has 1 saturated heterocycles. The fourth-order valence-electron chi connectivity index (χ4n) is 3.45. The highest BCUT2D eigenvalue weighted by atomic mass is 19.3. The van der Waals surface area contributed by atoms with E-state index >= 15 is 0 Å². The van der Waals surface area contributed by atoms with E-state index in [0.717, 1.165) is 38.8 Å². The van der Waals surface area contributed by atoms with Crippen molar-refractivity contribution in [3.8, 4) is 0 Å². The van der Waals surface area contributed by atoms with Crippen molar-refractivity contribution in [1.82, 2.24) is 5.32 Å². The van der Waals surface area contributed by atoms with Gasteiger partial charge < -0.3 is 5.32 Å². The lowest BCUT2D eigenvalue weighted by Gasteiger charge is -2.12. The van der Waals surface area contributed by atoms with E-state index in [2.05, 4.69) is 5.32 Å². The van der Waals surface area contributed by atoms with Crippen LogP contribution in [0.5, 0.6) is 0 Å². The van der Waals surface area contributed by atoms with E-state index < -0.39 is 11.3 Å². The fraction of sp³-hybridized carbons (Fsp3) is 1.00. The molecule has 2 aliphatic carbocycles. The van der Waals surface area contributed by atoms with Crippen molar-refractivity contribution >= 4 is 0 Å². The van der Waals surface area contributed by atoms with Crippen LogP contribution in [-0.4, -0.2) is 19.0 Å². The molecule has 14 heavy (non-hydrogen) atoms. The number of nitrogens with one attached hydrogen (secondary N) is 1. The molecule has 3 heteroatoms. The largest absolute Gasteiger partial charge is 0.317 e. The summed E-state index contributed by atoms with van der Waals surface area (Å²) in [6.07, 6.45) is 4.47. The molecule has 1 spiro atoms. The second-order valence-electron chi connectivity index (χ2n) is 5.20. The lowest BCUT2D eigenvalue weighted by molar-refractivity contribution is 0.0513. The van der Waals surface area contributed by atoms with Crippen LogP contribution in [-0.2, 0) is 0 Å². The maximum atomic E-state index is 13.8. The van der Waals surface area contributed by atoms with E-state index in [1.807, 2.05) is 0 Å². The Kier molecular flexibility index (Phi) is 1.74. The molecule has 0 radical (unpaired) electrons. The van der Waals surface area contributed by atoms with Gasteiger partial charge in [0.05, 0.1) is 0 Å². The quantitative estimate of drug-likeness (QED) is 0.687. The zero-order valence-electron chi connectivity index (χ0n) is 8.36. The third kappa shape index (κ3) is 1.02. The van der Waals surface area contributed by atoms with E-state index in [1.165, 1.54) is 0 Å². The molecule has 2 unspecified atom stereocenters. The average molecular weight is 201 g/mol. The van der Waals surface area contributed by atoms with Crippen molar-refractivity contribution < 1.29 is 8.78 Å². The van der Waals surface area contributed by atoms with Crippen molar-refractivity contribution in [2.24, 2.45) is 17.3 Å². The summed E-state index contributed by atoms with van der Waals surface area (Å²) < 4.78 is 27.6. The summed E-state index contributed by atoms with van der Waals surface area (Å²) in [6, 6.07) is 0. The Balaban J connectivity index is 1.81. The molecule has 1 aliphatic heterocycles. The molecule has 0 amide bonds. The molecule has 1 heterocycles. The van der Waals surface area contributed by atoms with Gasteiger partial charge in [-0.1, -0.05) is 0 Å². The number of hydrogen-bond donors (Lipinski definition) is 1. The molecule has 0 bridgehead atoms. The van der Waals surface area contributed by atoms with Crippen molar-refractivity contribution in [2.75, 3.05) is 13.1 Å². The van der Waals surface area contributed by atoms with Gasteiger partial charge in [-0.15, -0.1) is 0 Å². The van der Waals surface area contributed by atoms with Crippen molar-refractivity contribution in [3.63, 3.8) is 0 Å². The number of rotatable bonds is 1. The molecule has 2 atom stereocenters. The van der Waals surface area contributed by atoms with Gasteiger partial charge in [0, 0.05) is 11.3 Å². The van der Waals surface area contributed by atoms with Gasteiger partial charge >= 0.3 is 0 Å². The molecule has 1 N–H and O–H groups in total. The van der Waals surface area contributed by atoms with E-state index in [-0.39, 0.29) is 5.92 Å². The Morgan fingerprint density at radius 1 is 1.07 bits per heavy atom. The van der Waals surface area contributed by atoms with Crippen LogP contribution in [0.25, 0.3) is 0 Å². The molecule has 80 valence electrons. The zero-order valence-corrected chi connectivity index (χ0v) is 8.36. The second kappa shape index (κ2) is 2.69. The minimum atomic E-state index is -2.33. The Hall–Kier alpha value is -0.180. The summed E-state index contributed by atoms with van der Waals surface area (Å²) >= 11 is 0. The lowest BCUT2D eigenvalue weighted by Crippen LogP contribution is -2.16. The van der Waals surface area contributed by atoms with Gasteiger partial charge in [-0.25, -0.2) is 8.78 Å². The Morgan fingerprint density at radius 3 is 2.57 bits per heavy atom. The zero-order chi connectivity index (χ0) is 9.81. The van der Waals surface area contributed by atoms with Crippen LogP contribution in [0.3, 0.4) is 0 Å². The average Bonchev–Trinajstić information content (AvgIpc) is 2.95. The van der Waals surface area contributed by atoms with Gasteiger partial charge in [-0.05, 0) is 51.1 Å². The van der Waals surface area contributed by atoms with Crippen LogP contribution in [0, 0.1) is 17.3 Å². The highest BCUT2D eigenvalue weighted by molar-refractivity contribution is 5.22. The molecule has 3 fully saturated rings. The summed E-state index contributed by atoms with van der Waals surface area (Å²) in [5.41, 5.74) is -0.586. The summed E-state index contributed by atoms with van der Waals surface area (Å²) in [7, 11) is 0. The van der Waals surface area contributed by atoms with E-state index in [4.69, 9.17) is 0 Å². The summed E-state index contributed by atoms with van der Waals surface area (Å²) in [5.74, 6) is -2.22. The SMILES string of the molecule is FC1(F)C(C2CC2)C12CCCNCC2. The van der Waals surface area contributed by atoms with Gasteiger partial charge in [-0.2, -0.15) is 0 Å². The summed E-state index contributed by atoms with van der Waals surface area (Å²) in [6.45, 7) is 1.72. The first-order valence-electron chi connectivity index (χ1n) is 5.77. The van der Waals surface area contributed by atoms with Gasteiger partial charge in [0.1, 0.15) is 0 Å². The van der Waals surface area contributed by atoms with Crippen molar-refractivity contribution in [3.05, 3.63) is 0 Å². The van der Waals surface area contributed by atoms with Crippen LogP contribution >= 0.6 is 0 Å². The predicted octanol–water partition coefficient (Wildman–Crippen LogP) is 2.42. The Bertz CT molecular complexity index is 240. The predicted molar refractivity (Wildman–Crippen MR) is 50.3 cm³/mol. The maximum Gasteiger partial charge on any atom is 0.257 e. The smallest absolute Gasteiger partial charge is 0.257 e.